The summed E-state index contributed by atoms with van der Waals surface area (Å²) in [5, 5.41) is 9.72. The first kappa shape index (κ1) is 22.8. The second-order valence-electron chi connectivity index (χ2n) is 8.98. The van der Waals surface area contributed by atoms with Crippen molar-refractivity contribution in [2.45, 2.75) is 59.0 Å². The SMILES string of the molecule is CC(C)[C@@H](C(=O)N1CCC(C(=O)c2ccc(F)cc2)CC1)N(C(=O)O)C(C)(C)C. The van der Waals surface area contributed by atoms with E-state index in [1.807, 2.05) is 13.8 Å². The Hall–Kier alpha value is -2.44. The van der Waals surface area contributed by atoms with E-state index in [9.17, 15) is 23.9 Å². The Balaban J connectivity index is 2.10. The molecule has 2 amide bonds. The summed E-state index contributed by atoms with van der Waals surface area (Å²) in [6.45, 7) is 9.81. The van der Waals surface area contributed by atoms with Crippen LogP contribution in [0.4, 0.5) is 9.18 Å². The summed E-state index contributed by atoms with van der Waals surface area (Å²) in [4.78, 5) is 40.6. The van der Waals surface area contributed by atoms with Gasteiger partial charge in [-0.3, -0.25) is 14.5 Å². The number of carbonyl (C=O) groups excluding carboxylic acids is 2. The average molecular weight is 406 g/mol. The molecule has 1 fully saturated rings. The molecule has 160 valence electrons. The van der Waals surface area contributed by atoms with Gasteiger partial charge in [0.25, 0.3) is 0 Å². The van der Waals surface area contributed by atoms with Crippen LogP contribution in [0, 0.1) is 17.7 Å². The molecule has 1 aromatic carbocycles. The molecule has 29 heavy (non-hydrogen) atoms. The number of ketones is 1. The number of piperidine rings is 1. The van der Waals surface area contributed by atoms with Crippen LogP contribution in [0.2, 0.25) is 0 Å². The summed E-state index contributed by atoms with van der Waals surface area (Å²) in [6, 6.07) is 4.73. The maximum Gasteiger partial charge on any atom is 0.408 e. The van der Waals surface area contributed by atoms with Gasteiger partial charge in [0.2, 0.25) is 5.91 Å². The number of rotatable bonds is 5. The smallest absolute Gasteiger partial charge is 0.408 e. The van der Waals surface area contributed by atoms with E-state index in [-0.39, 0.29) is 29.3 Å². The third kappa shape index (κ3) is 5.34. The Bertz CT molecular complexity index is 747. The fourth-order valence-corrected chi connectivity index (χ4v) is 3.92. The Morgan fingerprint density at radius 2 is 1.62 bits per heavy atom. The number of nitrogens with zero attached hydrogens (tertiary/aromatic N) is 2. The van der Waals surface area contributed by atoms with E-state index in [2.05, 4.69) is 0 Å². The molecular formula is C22H31FN2O4. The zero-order valence-electron chi connectivity index (χ0n) is 17.8. The van der Waals surface area contributed by atoms with Crippen molar-refractivity contribution in [1.82, 2.24) is 9.80 Å². The van der Waals surface area contributed by atoms with Crippen LogP contribution >= 0.6 is 0 Å². The van der Waals surface area contributed by atoms with Crippen LogP contribution in [0.15, 0.2) is 24.3 Å². The highest BCUT2D eigenvalue weighted by molar-refractivity contribution is 5.98. The van der Waals surface area contributed by atoms with Gasteiger partial charge >= 0.3 is 6.09 Å². The van der Waals surface area contributed by atoms with Crippen LogP contribution < -0.4 is 0 Å². The van der Waals surface area contributed by atoms with Crippen molar-refractivity contribution in [3.63, 3.8) is 0 Å². The van der Waals surface area contributed by atoms with Gasteiger partial charge in [-0.05, 0) is 63.8 Å². The molecule has 2 rings (SSSR count). The lowest BCUT2D eigenvalue weighted by molar-refractivity contribution is -0.141. The van der Waals surface area contributed by atoms with Crippen molar-refractivity contribution < 1.29 is 23.9 Å². The van der Waals surface area contributed by atoms with Crippen molar-refractivity contribution in [1.29, 1.82) is 0 Å². The van der Waals surface area contributed by atoms with Crippen LogP contribution in [0.5, 0.6) is 0 Å². The number of amides is 2. The highest BCUT2D eigenvalue weighted by Crippen LogP contribution is 2.27. The average Bonchev–Trinajstić information content (AvgIpc) is 2.64. The lowest BCUT2D eigenvalue weighted by atomic mass is 9.88. The molecule has 7 heteroatoms. The fourth-order valence-electron chi connectivity index (χ4n) is 3.92. The lowest BCUT2D eigenvalue weighted by Gasteiger charge is -2.43. The summed E-state index contributed by atoms with van der Waals surface area (Å²) >= 11 is 0. The first-order valence-corrected chi connectivity index (χ1v) is 10.0. The zero-order chi connectivity index (χ0) is 21.9. The third-order valence-corrected chi connectivity index (χ3v) is 5.40. The first-order valence-electron chi connectivity index (χ1n) is 10.0. The Labute approximate surface area is 171 Å². The molecule has 6 nitrogen and oxygen atoms in total. The topological polar surface area (TPSA) is 77.9 Å². The lowest BCUT2D eigenvalue weighted by Crippen LogP contribution is -2.60. The van der Waals surface area contributed by atoms with E-state index in [1.165, 1.54) is 29.2 Å². The summed E-state index contributed by atoms with van der Waals surface area (Å²) in [5.41, 5.74) is -0.242. The predicted octanol–water partition coefficient (Wildman–Crippen LogP) is 4.05. The maximum atomic E-state index is 13.2. The number of halogens is 1. The largest absolute Gasteiger partial charge is 0.465 e. The number of hydrogen-bond acceptors (Lipinski definition) is 3. The van der Waals surface area contributed by atoms with E-state index in [0.29, 0.717) is 31.5 Å². The second-order valence-corrected chi connectivity index (χ2v) is 8.98. The van der Waals surface area contributed by atoms with Crippen molar-refractivity contribution in [3.8, 4) is 0 Å². The van der Waals surface area contributed by atoms with Gasteiger partial charge in [-0.2, -0.15) is 0 Å². The molecule has 1 aromatic rings. The fraction of sp³-hybridized carbons (Fsp3) is 0.591. The van der Waals surface area contributed by atoms with Gasteiger partial charge in [-0.25, -0.2) is 9.18 Å². The Kier molecular flexibility index (Phi) is 7.03. The molecule has 1 aliphatic heterocycles. The van der Waals surface area contributed by atoms with Crippen LogP contribution in [0.25, 0.3) is 0 Å². The van der Waals surface area contributed by atoms with Gasteiger partial charge in [-0.1, -0.05) is 13.8 Å². The molecule has 0 saturated carbocycles. The third-order valence-electron chi connectivity index (χ3n) is 5.40. The quantitative estimate of drug-likeness (QED) is 0.749. The van der Waals surface area contributed by atoms with Gasteiger partial charge in [-0.15, -0.1) is 0 Å². The van der Waals surface area contributed by atoms with Gasteiger partial charge < -0.3 is 10.0 Å². The number of hydrogen-bond donors (Lipinski definition) is 1. The van der Waals surface area contributed by atoms with Gasteiger partial charge in [0.05, 0.1) is 0 Å². The maximum absolute atomic E-state index is 13.2. The Morgan fingerprint density at radius 3 is 2.03 bits per heavy atom. The molecule has 1 N–H and O–H groups in total. The van der Waals surface area contributed by atoms with E-state index in [4.69, 9.17) is 0 Å². The van der Waals surface area contributed by atoms with E-state index in [0.717, 1.165) is 0 Å². The van der Waals surface area contributed by atoms with E-state index in [1.54, 1.807) is 25.7 Å². The summed E-state index contributed by atoms with van der Waals surface area (Å²) in [6.07, 6.45) is -0.101. The van der Waals surface area contributed by atoms with Gasteiger partial charge in [0.1, 0.15) is 11.9 Å². The molecule has 0 radical (unpaired) electrons. The molecule has 0 bridgehead atoms. The standard InChI is InChI=1S/C22H31FN2O4/c1-14(2)18(25(21(28)29)22(3,4)5)20(27)24-12-10-16(11-13-24)19(26)15-6-8-17(23)9-7-15/h6-9,14,16,18H,10-13H2,1-5H3,(H,28,29)/t18-/m0/s1. The minimum atomic E-state index is -1.12. The number of Topliss-reactive ketones (excluding diaryl/α,β-unsaturated/α-hetero) is 1. The highest BCUT2D eigenvalue weighted by Gasteiger charge is 2.42. The molecule has 1 aliphatic rings. The van der Waals surface area contributed by atoms with Crippen LogP contribution in [-0.2, 0) is 4.79 Å². The second kappa shape index (κ2) is 8.93. The molecule has 0 aromatic heterocycles. The molecule has 0 aliphatic carbocycles. The van der Waals surface area contributed by atoms with Crippen molar-refractivity contribution in [3.05, 3.63) is 35.6 Å². The van der Waals surface area contributed by atoms with Crippen molar-refractivity contribution >= 4 is 17.8 Å². The minimum Gasteiger partial charge on any atom is -0.465 e. The molecule has 1 atom stereocenters. The minimum absolute atomic E-state index is 0.0423. The summed E-state index contributed by atoms with van der Waals surface area (Å²) in [7, 11) is 0. The molecule has 1 saturated heterocycles. The van der Waals surface area contributed by atoms with Crippen molar-refractivity contribution in [2.24, 2.45) is 11.8 Å². The van der Waals surface area contributed by atoms with E-state index < -0.39 is 17.7 Å². The zero-order valence-corrected chi connectivity index (χ0v) is 17.8. The number of carboxylic acid groups (broad SMARTS) is 1. The first-order chi connectivity index (χ1) is 13.4. The normalized spacial score (nSPS) is 16.6. The molecule has 0 spiro atoms. The van der Waals surface area contributed by atoms with Crippen LogP contribution in [0.3, 0.4) is 0 Å². The summed E-state index contributed by atoms with van der Waals surface area (Å²) in [5.74, 6) is -1.05. The van der Waals surface area contributed by atoms with Gasteiger partial charge in [0.15, 0.2) is 5.78 Å². The van der Waals surface area contributed by atoms with Gasteiger partial charge in [0, 0.05) is 30.1 Å². The molecule has 0 unspecified atom stereocenters. The highest BCUT2D eigenvalue weighted by atomic mass is 19.1. The van der Waals surface area contributed by atoms with E-state index >= 15 is 0 Å². The van der Waals surface area contributed by atoms with Crippen molar-refractivity contribution in [2.75, 3.05) is 13.1 Å². The van der Waals surface area contributed by atoms with Crippen LogP contribution in [-0.4, -0.2) is 57.4 Å². The number of benzene rings is 1. The predicted molar refractivity (Wildman–Crippen MR) is 108 cm³/mol. The van der Waals surface area contributed by atoms with Crippen LogP contribution in [0.1, 0.15) is 57.8 Å². The monoisotopic (exact) mass is 406 g/mol. The molecule has 1 heterocycles. The molecular weight excluding hydrogens is 375 g/mol. The number of carbonyl (C=O) groups is 3. The summed E-state index contributed by atoms with van der Waals surface area (Å²) < 4.78 is 13.1. The Morgan fingerprint density at radius 1 is 1.10 bits per heavy atom. The number of likely N-dealkylation sites (tertiary alicyclic amines) is 1.